The molecule has 19 heavy (non-hydrogen) atoms. The Morgan fingerprint density at radius 3 is 3.00 bits per heavy atom. The average molecular weight is 265 g/mol. The molecule has 7 nitrogen and oxygen atoms in total. The fraction of sp³-hybridized carbons (Fsp3) is 0.583. The molecule has 0 aromatic carbocycles. The third kappa shape index (κ3) is 3.54. The van der Waals surface area contributed by atoms with Gasteiger partial charge >= 0.3 is 0 Å². The lowest BCUT2D eigenvalue weighted by Crippen LogP contribution is -2.35. The topological polar surface area (TPSA) is 79.3 Å². The number of rotatable bonds is 4. The molecule has 7 heteroatoms. The zero-order valence-electron chi connectivity index (χ0n) is 11.2. The highest BCUT2D eigenvalue weighted by atomic mass is 16.2. The molecule has 1 saturated heterocycles. The van der Waals surface area contributed by atoms with Crippen LogP contribution in [0.4, 0.5) is 5.82 Å². The highest BCUT2D eigenvalue weighted by Gasteiger charge is 2.22. The molecule has 0 saturated carbocycles. The van der Waals surface area contributed by atoms with Crippen molar-refractivity contribution >= 4 is 17.6 Å². The number of anilines is 1. The van der Waals surface area contributed by atoms with E-state index in [1.54, 1.807) is 26.4 Å². The van der Waals surface area contributed by atoms with E-state index in [0.717, 1.165) is 19.4 Å². The number of carbonyl (C=O) groups excluding carboxylic acids is 2. The Balaban J connectivity index is 1.90. The minimum Gasteiger partial charge on any atom is -0.347 e. The molecule has 0 spiro atoms. The summed E-state index contributed by atoms with van der Waals surface area (Å²) in [5.74, 6) is 0.366. The van der Waals surface area contributed by atoms with Gasteiger partial charge in [-0.15, -0.1) is 0 Å². The van der Waals surface area contributed by atoms with Crippen LogP contribution in [0.5, 0.6) is 0 Å². The van der Waals surface area contributed by atoms with Crippen molar-refractivity contribution in [1.82, 2.24) is 20.0 Å². The first-order valence-electron chi connectivity index (χ1n) is 6.34. The zero-order chi connectivity index (χ0) is 13.8. The van der Waals surface area contributed by atoms with Crippen molar-refractivity contribution in [1.29, 1.82) is 0 Å². The first-order chi connectivity index (χ1) is 9.06. The molecule has 1 aromatic rings. The second-order valence-corrected chi connectivity index (χ2v) is 4.82. The second kappa shape index (κ2) is 5.83. The number of hydrogen-bond donors (Lipinski definition) is 2. The van der Waals surface area contributed by atoms with Crippen LogP contribution in [-0.2, 0) is 16.1 Å². The van der Waals surface area contributed by atoms with Gasteiger partial charge in [0.15, 0.2) is 5.82 Å². The lowest BCUT2D eigenvalue weighted by molar-refractivity contribution is -0.129. The molecule has 1 aliphatic heterocycles. The van der Waals surface area contributed by atoms with Crippen molar-refractivity contribution in [3.8, 4) is 0 Å². The standard InChI is InChI=1S/C12H19N5O2/c1-16(2)11(18)8-17-7-5-10(15-17)14-12(19)9-4-3-6-13-9/h5,7,9,13H,3-4,6,8H2,1-2H3,(H,14,15,19). The number of hydrogen-bond acceptors (Lipinski definition) is 4. The molecule has 1 atom stereocenters. The number of carbonyl (C=O) groups is 2. The van der Waals surface area contributed by atoms with Crippen LogP contribution in [-0.4, -0.2) is 53.2 Å². The smallest absolute Gasteiger partial charge is 0.243 e. The van der Waals surface area contributed by atoms with E-state index in [4.69, 9.17) is 0 Å². The van der Waals surface area contributed by atoms with Gasteiger partial charge in [0.25, 0.3) is 0 Å². The average Bonchev–Trinajstić information content (AvgIpc) is 3.00. The van der Waals surface area contributed by atoms with Crippen molar-refractivity contribution in [2.75, 3.05) is 26.0 Å². The van der Waals surface area contributed by atoms with Crippen LogP contribution in [0.1, 0.15) is 12.8 Å². The van der Waals surface area contributed by atoms with Gasteiger partial charge in [-0.05, 0) is 19.4 Å². The lowest BCUT2D eigenvalue weighted by atomic mass is 10.2. The van der Waals surface area contributed by atoms with E-state index in [1.807, 2.05) is 0 Å². The number of aromatic nitrogens is 2. The molecule has 0 radical (unpaired) electrons. The van der Waals surface area contributed by atoms with Crippen LogP contribution in [0.2, 0.25) is 0 Å². The van der Waals surface area contributed by atoms with Gasteiger partial charge in [-0.1, -0.05) is 0 Å². The molecule has 2 amide bonds. The quantitative estimate of drug-likeness (QED) is 0.781. The highest BCUT2D eigenvalue weighted by molar-refractivity contribution is 5.94. The summed E-state index contributed by atoms with van der Waals surface area (Å²) in [5, 5.41) is 10.0. The van der Waals surface area contributed by atoms with Gasteiger partial charge in [0.05, 0.1) is 6.04 Å². The summed E-state index contributed by atoms with van der Waals surface area (Å²) >= 11 is 0. The SMILES string of the molecule is CN(C)C(=O)Cn1ccc(NC(=O)C2CCCN2)n1. The summed E-state index contributed by atoms with van der Waals surface area (Å²) < 4.78 is 1.51. The first kappa shape index (κ1) is 13.5. The van der Waals surface area contributed by atoms with Gasteiger partial charge in [-0.2, -0.15) is 5.10 Å². The number of nitrogens with zero attached hydrogens (tertiary/aromatic N) is 3. The van der Waals surface area contributed by atoms with Crippen molar-refractivity contribution in [3.05, 3.63) is 12.3 Å². The van der Waals surface area contributed by atoms with Gasteiger partial charge < -0.3 is 15.5 Å². The first-order valence-corrected chi connectivity index (χ1v) is 6.34. The van der Waals surface area contributed by atoms with Gasteiger partial charge in [-0.3, -0.25) is 14.3 Å². The summed E-state index contributed by atoms with van der Waals surface area (Å²) in [6.07, 6.45) is 3.55. The van der Waals surface area contributed by atoms with Crippen LogP contribution in [0.25, 0.3) is 0 Å². The summed E-state index contributed by atoms with van der Waals surface area (Å²) in [7, 11) is 3.39. The Morgan fingerprint density at radius 1 is 1.58 bits per heavy atom. The molecule has 2 rings (SSSR count). The summed E-state index contributed by atoms with van der Waals surface area (Å²) in [6, 6.07) is 1.56. The fourth-order valence-corrected chi connectivity index (χ4v) is 1.92. The molecule has 2 N–H and O–H groups in total. The van der Waals surface area contributed by atoms with Crippen molar-refractivity contribution in [2.24, 2.45) is 0 Å². The van der Waals surface area contributed by atoms with Gasteiger partial charge in [0, 0.05) is 26.4 Å². The fourth-order valence-electron chi connectivity index (χ4n) is 1.92. The molecule has 1 fully saturated rings. The van der Waals surface area contributed by atoms with Crippen LogP contribution in [0, 0.1) is 0 Å². The van der Waals surface area contributed by atoms with E-state index in [0.29, 0.717) is 5.82 Å². The Labute approximate surface area is 111 Å². The molecular formula is C12H19N5O2. The molecule has 104 valence electrons. The maximum atomic E-state index is 11.9. The Hall–Kier alpha value is -1.89. The third-order valence-electron chi connectivity index (χ3n) is 3.06. The second-order valence-electron chi connectivity index (χ2n) is 4.82. The Morgan fingerprint density at radius 2 is 2.37 bits per heavy atom. The van der Waals surface area contributed by atoms with Crippen LogP contribution >= 0.6 is 0 Å². The van der Waals surface area contributed by atoms with Crippen molar-refractivity contribution in [3.63, 3.8) is 0 Å². The highest BCUT2D eigenvalue weighted by Crippen LogP contribution is 2.09. The number of amides is 2. The minimum atomic E-state index is -0.131. The minimum absolute atomic E-state index is 0.0431. The summed E-state index contributed by atoms with van der Waals surface area (Å²) in [5.41, 5.74) is 0. The third-order valence-corrected chi connectivity index (χ3v) is 3.06. The van der Waals surface area contributed by atoms with Crippen LogP contribution in [0.15, 0.2) is 12.3 Å². The Kier molecular flexibility index (Phi) is 4.16. The van der Waals surface area contributed by atoms with Crippen LogP contribution in [0.3, 0.4) is 0 Å². The van der Waals surface area contributed by atoms with Crippen molar-refractivity contribution < 1.29 is 9.59 Å². The maximum Gasteiger partial charge on any atom is 0.243 e. The largest absolute Gasteiger partial charge is 0.347 e. The normalized spacial score (nSPS) is 18.3. The van der Waals surface area contributed by atoms with Gasteiger partial charge in [0.2, 0.25) is 11.8 Å². The van der Waals surface area contributed by atoms with E-state index in [9.17, 15) is 9.59 Å². The van der Waals surface area contributed by atoms with Gasteiger partial charge in [-0.25, -0.2) is 0 Å². The summed E-state index contributed by atoms with van der Waals surface area (Å²) in [6.45, 7) is 1.05. The van der Waals surface area contributed by atoms with E-state index in [-0.39, 0.29) is 24.4 Å². The maximum absolute atomic E-state index is 11.9. The molecule has 0 aliphatic carbocycles. The predicted octanol–water partition coefficient (Wildman–Crippen LogP) is -0.338. The summed E-state index contributed by atoms with van der Waals surface area (Å²) in [4.78, 5) is 24.9. The van der Waals surface area contributed by atoms with Gasteiger partial charge in [0.1, 0.15) is 6.54 Å². The van der Waals surface area contributed by atoms with Crippen molar-refractivity contribution in [2.45, 2.75) is 25.4 Å². The zero-order valence-corrected chi connectivity index (χ0v) is 11.2. The Bertz CT molecular complexity index is 462. The van der Waals surface area contributed by atoms with E-state index in [2.05, 4.69) is 15.7 Å². The van der Waals surface area contributed by atoms with E-state index >= 15 is 0 Å². The van der Waals surface area contributed by atoms with E-state index < -0.39 is 0 Å². The van der Waals surface area contributed by atoms with Crippen LogP contribution < -0.4 is 10.6 Å². The number of nitrogens with one attached hydrogen (secondary N) is 2. The molecule has 1 aromatic heterocycles. The molecule has 1 unspecified atom stereocenters. The molecule has 2 heterocycles. The monoisotopic (exact) mass is 265 g/mol. The number of likely N-dealkylation sites (N-methyl/N-ethyl adjacent to an activating group) is 1. The van der Waals surface area contributed by atoms with E-state index in [1.165, 1.54) is 9.58 Å². The molecule has 0 bridgehead atoms. The predicted molar refractivity (Wildman–Crippen MR) is 70.6 cm³/mol. The molecule has 1 aliphatic rings. The molecular weight excluding hydrogens is 246 g/mol. The lowest BCUT2D eigenvalue weighted by Gasteiger charge is -2.10.